The number of nitrogens with zero attached hydrogens (tertiary/aromatic N) is 1. The molecule has 1 atom stereocenters. The number of aromatic nitrogens is 1. The van der Waals surface area contributed by atoms with Crippen molar-refractivity contribution in [3.8, 4) is 0 Å². The number of thiophene rings is 1. The lowest BCUT2D eigenvalue weighted by molar-refractivity contribution is 0.554. The average Bonchev–Trinajstić information content (AvgIpc) is 2.77. The molecule has 0 aliphatic carbocycles. The molecule has 2 aromatic heterocycles. The molecule has 1 unspecified atom stereocenters. The van der Waals surface area contributed by atoms with Crippen LogP contribution in [0.1, 0.15) is 34.7 Å². The summed E-state index contributed by atoms with van der Waals surface area (Å²) in [5.74, 6) is 5.66. The molecule has 2 aromatic rings. The Morgan fingerprint density at radius 2 is 2.26 bits per heavy atom. The van der Waals surface area contributed by atoms with Gasteiger partial charge in [0.15, 0.2) is 0 Å². The quantitative estimate of drug-likeness (QED) is 0.656. The first-order valence-electron chi connectivity index (χ1n) is 6.29. The molecule has 0 aliphatic rings. The van der Waals surface area contributed by atoms with Crippen LogP contribution in [-0.2, 0) is 12.8 Å². The zero-order valence-electron chi connectivity index (χ0n) is 11.1. The SMILES string of the molecule is CCc1ccc(CC(NN)c2scc(C)c2Cl)nc1. The third-order valence-corrected chi connectivity index (χ3v) is 4.98. The van der Waals surface area contributed by atoms with Crippen LogP contribution in [0, 0.1) is 6.92 Å². The molecule has 0 saturated carbocycles. The first-order chi connectivity index (χ1) is 9.15. The third kappa shape index (κ3) is 3.34. The highest BCUT2D eigenvalue weighted by Crippen LogP contribution is 2.33. The van der Waals surface area contributed by atoms with Gasteiger partial charge in [0.05, 0.1) is 11.1 Å². The van der Waals surface area contributed by atoms with Gasteiger partial charge < -0.3 is 0 Å². The molecule has 3 nitrogen and oxygen atoms in total. The monoisotopic (exact) mass is 295 g/mol. The van der Waals surface area contributed by atoms with Gasteiger partial charge in [0.2, 0.25) is 0 Å². The number of aryl methyl sites for hydroxylation is 2. The van der Waals surface area contributed by atoms with E-state index in [9.17, 15) is 0 Å². The van der Waals surface area contributed by atoms with E-state index in [1.165, 1.54) is 5.56 Å². The second-order valence-corrected chi connectivity index (χ2v) is 5.82. The van der Waals surface area contributed by atoms with Crippen LogP contribution in [0.15, 0.2) is 23.7 Å². The highest BCUT2D eigenvalue weighted by molar-refractivity contribution is 7.10. The highest BCUT2D eigenvalue weighted by atomic mass is 35.5. The average molecular weight is 296 g/mol. The summed E-state index contributed by atoms with van der Waals surface area (Å²) in [7, 11) is 0. The van der Waals surface area contributed by atoms with Crippen molar-refractivity contribution in [2.45, 2.75) is 32.7 Å². The smallest absolute Gasteiger partial charge is 0.0623 e. The minimum absolute atomic E-state index is 0.00572. The number of hydrazine groups is 1. The summed E-state index contributed by atoms with van der Waals surface area (Å²) >= 11 is 7.92. The van der Waals surface area contributed by atoms with E-state index < -0.39 is 0 Å². The van der Waals surface area contributed by atoms with E-state index >= 15 is 0 Å². The van der Waals surface area contributed by atoms with Crippen LogP contribution >= 0.6 is 22.9 Å². The minimum atomic E-state index is 0.00572. The fourth-order valence-electron chi connectivity index (χ4n) is 1.91. The van der Waals surface area contributed by atoms with Crippen LogP contribution in [0.4, 0.5) is 0 Å². The standard InChI is InChI=1S/C14H18ClN3S/c1-3-10-4-5-11(17-7-10)6-12(18-16)14-13(15)9(2)8-19-14/h4-5,7-8,12,18H,3,6,16H2,1-2H3. The summed E-state index contributed by atoms with van der Waals surface area (Å²) in [4.78, 5) is 5.54. The molecule has 0 radical (unpaired) electrons. The Kier molecular flexibility index (Phi) is 4.93. The van der Waals surface area contributed by atoms with Gasteiger partial charge in [0.1, 0.15) is 0 Å². The molecular formula is C14H18ClN3S. The molecule has 19 heavy (non-hydrogen) atoms. The molecule has 0 fully saturated rings. The van der Waals surface area contributed by atoms with Gasteiger partial charge in [-0.1, -0.05) is 24.6 Å². The lowest BCUT2D eigenvalue weighted by Gasteiger charge is -2.14. The summed E-state index contributed by atoms with van der Waals surface area (Å²) in [6.07, 6.45) is 3.66. The molecule has 0 spiro atoms. The molecule has 0 aliphatic heterocycles. The Bertz CT molecular complexity index is 536. The molecule has 2 heterocycles. The number of halogens is 1. The maximum atomic E-state index is 6.29. The Morgan fingerprint density at radius 3 is 2.74 bits per heavy atom. The largest absolute Gasteiger partial charge is 0.271 e. The number of nitrogens with one attached hydrogen (secondary N) is 1. The van der Waals surface area contributed by atoms with Gasteiger partial charge in [-0.15, -0.1) is 11.3 Å². The molecule has 0 bridgehead atoms. The number of hydrogen-bond acceptors (Lipinski definition) is 4. The van der Waals surface area contributed by atoms with Crippen LogP contribution in [0.5, 0.6) is 0 Å². The molecular weight excluding hydrogens is 278 g/mol. The van der Waals surface area contributed by atoms with Crippen molar-refractivity contribution in [2.75, 3.05) is 0 Å². The summed E-state index contributed by atoms with van der Waals surface area (Å²) in [5, 5.41) is 2.86. The van der Waals surface area contributed by atoms with E-state index in [1.807, 2.05) is 13.1 Å². The zero-order chi connectivity index (χ0) is 13.8. The lowest BCUT2D eigenvalue weighted by Crippen LogP contribution is -2.29. The van der Waals surface area contributed by atoms with E-state index in [0.29, 0.717) is 0 Å². The predicted molar refractivity (Wildman–Crippen MR) is 81.4 cm³/mol. The molecule has 5 heteroatoms. The Morgan fingerprint density at radius 1 is 1.47 bits per heavy atom. The Balaban J connectivity index is 2.16. The van der Waals surface area contributed by atoms with Crippen molar-refractivity contribution in [3.05, 3.63) is 50.4 Å². The van der Waals surface area contributed by atoms with E-state index in [-0.39, 0.29) is 6.04 Å². The van der Waals surface area contributed by atoms with Crippen molar-refractivity contribution in [2.24, 2.45) is 5.84 Å². The molecule has 0 saturated heterocycles. The highest BCUT2D eigenvalue weighted by Gasteiger charge is 2.17. The van der Waals surface area contributed by atoms with Crippen molar-refractivity contribution in [3.63, 3.8) is 0 Å². The Labute approximate surface area is 122 Å². The van der Waals surface area contributed by atoms with Gasteiger partial charge in [-0.05, 0) is 35.9 Å². The van der Waals surface area contributed by atoms with Crippen LogP contribution in [0.3, 0.4) is 0 Å². The summed E-state index contributed by atoms with van der Waals surface area (Å²) in [5.41, 5.74) is 6.19. The van der Waals surface area contributed by atoms with Gasteiger partial charge in [-0.25, -0.2) is 0 Å². The molecule has 0 aromatic carbocycles. The second kappa shape index (κ2) is 6.48. The second-order valence-electron chi connectivity index (χ2n) is 4.53. The summed E-state index contributed by atoms with van der Waals surface area (Å²) < 4.78 is 0. The van der Waals surface area contributed by atoms with Gasteiger partial charge in [0, 0.05) is 23.2 Å². The normalized spacial score (nSPS) is 12.6. The van der Waals surface area contributed by atoms with Gasteiger partial charge in [0.25, 0.3) is 0 Å². The topological polar surface area (TPSA) is 50.9 Å². The lowest BCUT2D eigenvalue weighted by atomic mass is 10.1. The van der Waals surface area contributed by atoms with Crippen LogP contribution < -0.4 is 11.3 Å². The summed E-state index contributed by atoms with van der Waals surface area (Å²) in [6.45, 7) is 4.12. The van der Waals surface area contributed by atoms with Crippen LogP contribution in [0.25, 0.3) is 0 Å². The molecule has 0 amide bonds. The molecule has 3 N–H and O–H groups in total. The molecule has 102 valence electrons. The first-order valence-corrected chi connectivity index (χ1v) is 7.54. The third-order valence-electron chi connectivity index (χ3n) is 3.15. The van der Waals surface area contributed by atoms with Gasteiger partial charge in [-0.3, -0.25) is 16.3 Å². The van der Waals surface area contributed by atoms with E-state index in [0.717, 1.165) is 34.0 Å². The van der Waals surface area contributed by atoms with Crippen LogP contribution in [0.2, 0.25) is 5.02 Å². The first kappa shape index (κ1) is 14.5. The maximum absolute atomic E-state index is 6.29. The predicted octanol–water partition coefficient (Wildman–Crippen LogP) is 3.41. The summed E-state index contributed by atoms with van der Waals surface area (Å²) in [6, 6.07) is 4.17. The Hall–Kier alpha value is -0.940. The van der Waals surface area contributed by atoms with Crippen molar-refractivity contribution < 1.29 is 0 Å². The maximum Gasteiger partial charge on any atom is 0.0623 e. The minimum Gasteiger partial charge on any atom is -0.271 e. The van der Waals surface area contributed by atoms with E-state index in [1.54, 1.807) is 11.3 Å². The van der Waals surface area contributed by atoms with Crippen molar-refractivity contribution >= 4 is 22.9 Å². The fourth-order valence-corrected chi connectivity index (χ4v) is 3.29. The molecule has 2 rings (SSSR count). The van der Waals surface area contributed by atoms with E-state index in [4.69, 9.17) is 17.4 Å². The fraction of sp³-hybridized carbons (Fsp3) is 0.357. The number of nitrogens with two attached hydrogens (primary N) is 1. The van der Waals surface area contributed by atoms with E-state index in [2.05, 4.69) is 34.8 Å². The number of rotatable bonds is 5. The van der Waals surface area contributed by atoms with Crippen LogP contribution in [-0.4, -0.2) is 4.98 Å². The van der Waals surface area contributed by atoms with Crippen molar-refractivity contribution in [1.82, 2.24) is 10.4 Å². The number of hydrogen-bond donors (Lipinski definition) is 2. The van der Waals surface area contributed by atoms with Crippen molar-refractivity contribution in [1.29, 1.82) is 0 Å². The number of pyridine rings is 1. The van der Waals surface area contributed by atoms with Gasteiger partial charge >= 0.3 is 0 Å². The zero-order valence-corrected chi connectivity index (χ0v) is 12.7. The van der Waals surface area contributed by atoms with Gasteiger partial charge in [-0.2, -0.15) is 0 Å².